The van der Waals surface area contributed by atoms with Crippen molar-refractivity contribution in [1.29, 1.82) is 0 Å². The van der Waals surface area contributed by atoms with Gasteiger partial charge in [-0.05, 0) is 24.3 Å². The van der Waals surface area contributed by atoms with Crippen LogP contribution in [0.4, 0.5) is 5.69 Å². The van der Waals surface area contributed by atoms with Crippen molar-refractivity contribution in [2.75, 3.05) is 5.32 Å². The molecule has 0 radical (unpaired) electrons. The fraction of sp³-hybridized carbons (Fsp3) is 0.636. The van der Waals surface area contributed by atoms with Crippen LogP contribution in [0.1, 0.15) is 25.8 Å². The van der Waals surface area contributed by atoms with Crippen molar-refractivity contribution in [2.24, 2.45) is 5.41 Å². The Morgan fingerprint density at radius 1 is 1.50 bits per heavy atom. The van der Waals surface area contributed by atoms with Crippen LogP contribution in [0.3, 0.4) is 0 Å². The third-order valence-corrected chi connectivity index (χ3v) is 4.26. The molecule has 2 atom stereocenters. The molecular weight excluding hydrogens is 194 g/mol. The van der Waals surface area contributed by atoms with Gasteiger partial charge in [-0.2, -0.15) is 0 Å². The van der Waals surface area contributed by atoms with E-state index >= 15 is 0 Å². The van der Waals surface area contributed by atoms with Crippen molar-refractivity contribution in [3.05, 3.63) is 16.3 Å². The third-order valence-electron chi connectivity index (χ3n) is 3.40. The molecule has 0 bridgehead atoms. The van der Waals surface area contributed by atoms with Crippen LogP contribution in [-0.2, 0) is 0 Å². The molecule has 1 saturated carbocycles. The van der Waals surface area contributed by atoms with Crippen molar-refractivity contribution in [1.82, 2.24) is 0 Å². The van der Waals surface area contributed by atoms with Gasteiger partial charge in [0.05, 0.1) is 6.10 Å². The number of nitrogens with one attached hydrogen (secondary N) is 1. The van der Waals surface area contributed by atoms with Crippen LogP contribution in [0.2, 0.25) is 0 Å². The standard InChI is InChI=1S/C11H17NOS/c1-7-5-14-6-8(7)12-9-4-10(13)11(9,2)3/h5-6,9-10,12-13H,4H2,1-3H3. The number of hydrogen-bond donors (Lipinski definition) is 2. The lowest BCUT2D eigenvalue weighted by Gasteiger charge is -2.49. The van der Waals surface area contributed by atoms with Crippen LogP contribution < -0.4 is 5.32 Å². The minimum absolute atomic E-state index is 0.00831. The average molecular weight is 211 g/mol. The zero-order chi connectivity index (χ0) is 10.3. The first-order valence-electron chi connectivity index (χ1n) is 4.99. The summed E-state index contributed by atoms with van der Waals surface area (Å²) in [7, 11) is 0. The summed E-state index contributed by atoms with van der Waals surface area (Å²) >= 11 is 1.72. The van der Waals surface area contributed by atoms with E-state index in [1.807, 2.05) is 0 Å². The highest BCUT2D eigenvalue weighted by Crippen LogP contribution is 2.42. The summed E-state index contributed by atoms with van der Waals surface area (Å²) < 4.78 is 0. The molecule has 2 nitrogen and oxygen atoms in total. The number of anilines is 1. The second kappa shape index (κ2) is 3.24. The molecule has 2 rings (SSSR count). The lowest BCUT2D eigenvalue weighted by Crippen LogP contribution is -2.56. The van der Waals surface area contributed by atoms with Crippen LogP contribution in [-0.4, -0.2) is 17.3 Å². The van der Waals surface area contributed by atoms with E-state index in [4.69, 9.17) is 0 Å². The highest BCUT2D eigenvalue weighted by atomic mass is 32.1. The molecule has 3 heteroatoms. The Labute approximate surface area is 89.0 Å². The van der Waals surface area contributed by atoms with Crippen LogP contribution >= 0.6 is 11.3 Å². The van der Waals surface area contributed by atoms with Gasteiger partial charge in [-0.3, -0.25) is 0 Å². The van der Waals surface area contributed by atoms with E-state index in [0.717, 1.165) is 6.42 Å². The lowest BCUT2D eigenvalue weighted by atomic mass is 9.64. The van der Waals surface area contributed by atoms with Crippen molar-refractivity contribution < 1.29 is 5.11 Å². The average Bonchev–Trinajstić information content (AvgIpc) is 2.51. The molecule has 2 N–H and O–H groups in total. The van der Waals surface area contributed by atoms with E-state index in [1.54, 1.807) is 11.3 Å². The second-order valence-corrected chi connectivity index (χ2v) is 5.48. The predicted molar refractivity (Wildman–Crippen MR) is 60.9 cm³/mol. The van der Waals surface area contributed by atoms with Crippen LogP contribution in [0, 0.1) is 12.3 Å². The SMILES string of the molecule is Cc1cscc1NC1CC(O)C1(C)C. The van der Waals surface area contributed by atoms with Gasteiger partial charge in [0.1, 0.15) is 0 Å². The Morgan fingerprint density at radius 2 is 2.21 bits per heavy atom. The molecule has 1 fully saturated rings. The van der Waals surface area contributed by atoms with Gasteiger partial charge in [0.15, 0.2) is 0 Å². The van der Waals surface area contributed by atoms with Gasteiger partial charge >= 0.3 is 0 Å². The summed E-state index contributed by atoms with van der Waals surface area (Å²) in [6.07, 6.45) is 0.710. The molecule has 0 aromatic carbocycles. The second-order valence-electron chi connectivity index (χ2n) is 4.74. The minimum atomic E-state index is -0.154. The summed E-state index contributed by atoms with van der Waals surface area (Å²) in [5, 5.41) is 17.4. The molecule has 1 aliphatic carbocycles. The molecule has 2 unspecified atom stereocenters. The molecule has 1 heterocycles. The molecule has 0 aliphatic heterocycles. The Hall–Kier alpha value is -0.540. The molecule has 1 aromatic rings. The monoisotopic (exact) mass is 211 g/mol. The molecule has 14 heavy (non-hydrogen) atoms. The highest BCUT2D eigenvalue weighted by Gasteiger charge is 2.47. The fourth-order valence-corrected chi connectivity index (χ4v) is 2.63. The highest BCUT2D eigenvalue weighted by molar-refractivity contribution is 7.08. The molecule has 0 saturated heterocycles. The van der Waals surface area contributed by atoms with E-state index in [-0.39, 0.29) is 11.5 Å². The number of aliphatic hydroxyl groups excluding tert-OH is 1. The molecule has 78 valence electrons. The maximum Gasteiger partial charge on any atom is 0.0630 e. The number of thiophene rings is 1. The fourth-order valence-electron chi connectivity index (χ4n) is 1.84. The zero-order valence-electron chi connectivity index (χ0n) is 8.87. The molecular formula is C11H17NOS. The first-order chi connectivity index (χ1) is 6.51. The number of hydrogen-bond acceptors (Lipinski definition) is 3. The summed E-state index contributed by atoms with van der Waals surface area (Å²) in [5.41, 5.74) is 2.53. The Kier molecular flexibility index (Phi) is 2.32. The van der Waals surface area contributed by atoms with E-state index in [2.05, 4.69) is 36.8 Å². The molecule has 1 aromatic heterocycles. The maximum atomic E-state index is 9.61. The third kappa shape index (κ3) is 1.44. The van der Waals surface area contributed by atoms with Gasteiger partial charge < -0.3 is 10.4 Å². The van der Waals surface area contributed by atoms with Crippen molar-refractivity contribution >= 4 is 17.0 Å². The van der Waals surface area contributed by atoms with E-state index < -0.39 is 0 Å². The normalized spacial score (nSPS) is 29.7. The summed E-state index contributed by atoms with van der Waals surface area (Å²) in [4.78, 5) is 0. The molecule has 0 spiro atoms. The summed E-state index contributed by atoms with van der Waals surface area (Å²) in [6.45, 7) is 6.34. The van der Waals surface area contributed by atoms with Crippen molar-refractivity contribution in [2.45, 2.75) is 39.3 Å². The maximum absolute atomic E-state index is 9.61. The van der Waals surface area contributed by atoms with Gasteiger partial charge in [0, 0.05) is 22.5 Å². The number of aliphatic hydroxyl groups is 1. The molecule has 1 aliphatic rings. The van der Waals surface area contributed by atoms with Crippen LogP contribution in [0.5, 0.6) is 0 Å². The van der Waals surface area contributed by atoms with Gasteiger partial charge in [-0.25, -0.2) is 0 Å². The topological polar surface area (TPSA) is 32.3 Å². The van der Waals surface area contributed by atoms with Crippen LogP contribution in [0.15, 0.2) is 10.8 Å². The van der Waals surface area contributed by atoms with Crippen LogP contribution in [0.25, 0.3) is 0 Å². The minimum Gasteiger partial charge on any atom is -0.392 e. The van der Waals surface area contributed by atoms with Crippen molar-refractivity contribution in [3.8, 4) is 0 Å². The zero-order valence-corrected chi connectivity index (χ0v) is 9.69. The lowest BCUT2D eigenvalue weighted by molar-refractivity contribution is -0.0510. The Balaban J connectivity index is 2.04. The Bertz CT molecular complexity index is 332. The van der Waals surface area contributed by atoms with E-state index in [9.17, 15) is 5.11 Å². The van der Waals surface area contributed by atoms with E-state index in [1.165, 1.54) is 11.3 Å². The van der Waals surface area contributed by atoms with Gasteiger partial charge in [-0.1, -0.05) is 13.8 Å². The van der Waals surface area contributed by atoms with E-state index in [0.29, 0.717) is 6.04 Å². The summed E-state index contributed by atoms with van der Waals surface area (Å²) in [6, 6.07) is 0.408. The predicted octanol–water partition coefficient (Wildman–Crippen LogP) is 2.63. The Morgan fingerprint density at radius 3 is 2.64 bits per heavy atom. The number of rotatable bonds is 2. The van der Waals surface area contributed by atoms with Gasteiger partial charge in [-0.15, -0.1) is 11.3 Å². The van der Waals surface area contributed by atoms with Gasteiger partial charge in [0.25, 0.3) is 0 Å². The quantitative estimate of drug-likeness (QED) is 0.788. The van der Waals surface area contributed by atoms with Gasteiger partial charge in [0.2, 0.25) is 0 Å². The van der Waals surface area contributed by atoms with Crippen molar-refractivity contribution in [3.63, 3.8) is 0 Å². The summed E-state index contributed by atoms with van der Waals surface area (Å²) in [5.74, 6) is 0. The first kappa shape index (κ1) is 9.99. The smallest absolute Gasteiger partial charge is 0.0630 e. The first-order valence-corrected chi connectivity index (χ1v) is 5.93. The largest absolute Gasteiger partial charge is 0.392 e. The number of aryl methyl sites for hydroxylation is 1. The molecule has 0 amide bonds.